The molecular formula is C14H28O5Si. The second-order valence-corrected chi connectivity index (χ2v) is 5.90. The second kappa shape index (κ2) is 10.1. The van der Waals surface area contributed by atoms with Crippen molar-refractivity contribution in [2.45, 2.75) is 45.6 Å². The van der Waals surface area contributed by atoms with Gasteiger partial charge in [0.1, 0.15) is 0 Å². The van der Waals surface area contributed by atoms with Gasteiger partial charge in [0.05, 0.1) is 6.61 Å². The summed E-state index contributed by atoms with van der Waals surface area (Å²) in [6.45, 7) is 12.7. The highest BCUT2D eigenvalue weighted by Gasteiger charge is 2.39. The van der Waals surface area contributed by atoms with Gasteiger partial charge >= 0.3 is 5.97 Å². The van der Waals surface area contributed by atoms with Crippen molar-refractivity contribution in [3.63, 3.8) is 0 Å². The molecule has 0 rings (SSSR count). The molecule has 0 aromatic heterocycles. The van der Waals surface area contributed by atoms with E-state index in [2.05, 4.69) is 6.58 Å². The van der Waals surface area contributed by atoms with E-state index in [0.717, 1.165) is 10.2 Å². The Morgan fingerprint density at radius 2 is 1.60 bits per heavy atom. The topological polar surface area (TPSA) is 54.0 Å². The Balaban J connectivity index is 4.56. The largest absolute Gasteiger partial charge is 0.462 e. The molecule has 0 aliphatic heterocycles. The fraction of sp³-hybridized carbons (Fsp3) is 0.786. The van der Waals surface area contributed by atoms with Crippen molar-refractivity contribution in [3.8, 4) is 0 Å². The quantitative estimate of drug-likeness (QED) is 0.250. The van der Waals surface area contributed by atoms with E-state index in [-0.39, 0.29) is 11.5 Å². The molecule has 0 radical (unpaired) electrons. The van der Waals surface area contributed by atoms with Crippen molar-refractivity contribution < 1.29 is 23.7 Å². The predicted molar refractivity (Wildman–Crippen MR) is 81.7 cm³/mol. The van der Waals surface area contributed by atoms with Crippen LogP contribution in [-0.2, 0) is 23.7 Å². The average molecular weight is 304 g/mol. The molecule has 0 aliphatic carbocycles. The van der Waals surface area contributed by atoms with Crippen molar-refractivity contribution in [3.05, 3.63) is 12.2 Å². The van der Waals surface area contributed by atoms with Gasteiger partial charge in [0.2, 0.25) is 0 Å². The van der Waals surface area contributed by atoms with Crippen LogP contribution in [0.5, 0.6) is 0 Å². The molecule has 0 N–H and O–H groups in total. The third-order valence-electron chi connectivity index (χ3n) is 2.77. The van der Waals surface area contributed by atoms with Crippen LogP contribution in [0.25, 0.3) is 0 Å². The van der Waals surface area contributed by atoms with E-state index in [0.29, 0.717) is 38.4 Å². The van der Waals surface area contributed by atoms with Crippen molar-refractivity contribution in [2.75, 3.05) is 26.4 Å². The van der Waals surface area contributed by atoms with Crippen molar-refractivity contribution >= 4 is 16.2 Å². The first-order valence-electron chi connectivity index (χ1n) is 7.17. The van der Waals surface area contributed by atoms with Crippen molar-refractivity contribution in [2.24, 2.45) is 0 Å². The molecule has 0 spiro atoms. The third kappa shape index (κ3) is 6.17. The SMILES string of the molecule is C=C(C)C(=O)OCCC([SiH3])C(OCC)(OCC)OCC. The Morgan fingerprint density at radius 1 is 1.15 bits per heavy atom. The van der Waals surface area contributed by atoms with Gasteiger partial charge in [-0.05, 0) is 34.1 Å². The zero-order valence-electron chi connectivity index (χ0n) is 13.4. The minimum absolute atomic E-state index is 0.0697. The number of ether oxygens (including phenoxy) is 4. The minimum Gasteiger partial charge on any atom is -0.462 e. The summed E-state index contributed by atoms with van der Waals surface area (Å²) >= 11 is 0. The Hall–Kier alpha value is -0.693. The lowest BCUT2D eigenvalue weighted by molar-refractivity contribution is -0.379. The van der Waals surface area contributed by atoms with Gasteiger partial charge in [-0.2, -0.15) is 0 Å². The van der Waals surface area contributed by atoms with E-state index >= 15 is 0 Å². The molecule has 1 unspecified atom stereocenters. The van der Waals surface area contributed by atoms with Crippen molar-refractivity contribution in [1.29, 1.82) is 0 Å². The Morgan fingerprint density at radius 3 is 1.95 bits per heavy atom. The molecule has 0 bridgehead atoms. The molecule has 118 valence electrons. The van der Waals surface area contributed by atoms with Gasteiger partial charge in [0.25, 0.3) is 5.97 Å². The predicted octanol–water partition coefficient (Wildman–Crippen LogP) is 1.41. The Kier molecular flexibility index (Phi) is 9.74. The van der Waals surface area contributed by atoms with E-state index in [1.165, 1.54) is 0 Å². The summed E-state index contributed by atoms with van der Waals surface area (Å²) in [5, 5.41) is 0. The number of carbonyl (C=O) groups is 1. The van der Waals surface area contributed by atoms with Gasteiger partial charge in [-0.1, -0.05) is 6.58 Å². The van der Waals surface area contributed by atoms with Gasteiger partial charge in [0, 0.05) is 41.2 Å². The van der Waals surface area contributed by atoms with Gasteiger partial charge in [-0.25, -0.2) is 4.79 Å². The van der Waals surface area contributed by atoms with Crippen LogP contribution in [0.1, 0.15) is 34.1 Å². The first kappa shape index (κ1) is 19.3. The minimum atomic E-state index is -1.01. The fourth-order valence-corrected chi connectivity index (χ4v) is 2.52. The molecule has 0 saturated carbocycles. The van der Waals surface area contributed by atoms with E-state index in [1.807, 2.05) is 20.8 Å². The summed E-state index contributed by atoms with van der Waals surface area (Å²) in [6, 6.07) is 0. The van der Waals surface area contributed by atoms with Crippen molar-refractivity contribution in [1.82, 2.24) is 0 Å². The fourth-order valence-electron chi connectivity index (χ4n) is 1.78. The van der Waals surface area contributed by atoms with Crippen LogP contribution in [-0.4, -0.2) is 48.6 Å². The molecule has 0 heterocycles. The maximum absolute atomic E-state index is 11.3. The Bertz CT molecular complexity index is 289. The monoisotopic (exact) mass is 304 g/mol. The van der Waals surface area contributed by atoms with E-state index in [4.69, 9.17) is 18.9 Å². The zero-order valence-corrected chi connectivity index (χ0v) is 15.4. The zero-order chi connectivity index (χ0) is 15.6. The maximum atomic E-state index is 11.3. The molecule has 0 aliphatic rings. The summed E-state index contributed by atoms with van der Waals surface area (Å²) in [5.74, 6) is -1.38. The molecular weight excluding hydrogens is 276 g/mol. The molecule has 0 aromatic rings. The van der Waals surface area contributed by atoms with Crippen LogP contribution in [0.4, 0.5) is 0 Å². The standard InChI is InChI=1S/C14H28O5Si/c1-6-17-14(18-7-2,19-8-3)12(20)9-10-16-13(15)11(4)5/h12H,4,6-10H2,1-3,5,20H3. The Labute approximate surface area is 125 Å². The van der Waals surface area contributed by atoms with Gasteiger partial charge in [0.15, 0.2) is 0 Å². The first-order chi connectivity index (χ1) is 9.43. The molecule has 0 amide bonds. The normalized spacial score (nSPS) is 13.2. The van der Waals surface area contributed by atoms with Crippen LogP contribution < -0.4 is 0 Å². The number of hydrogen-bond donors (Lipinski definition) is 0. The number of rotatable bonds is 11. The number of carbonyl (C=O) groups excluding carboxylic acids is 1. The summed E-state index contributed by atoms with van der Waals surface area (Å²) in [4.78, 5) is 11.3. The number of hydrogen-bond acceptors (Lipinski definition) is 5. The van der Waals surface area contributed by atoms with Crippen LogP contribution in [0.2, 0.25) is 5.54 Å². The first-order valence-corrected chi connectivity index (χ1v) is 8.33. The molecule has 20 heavy (non-hydrogen) atoms. The molecule has 1 atom stereocenters. The van der Waals surface area contributed by atoms with Gasteiger partial charge in [-0.3, -0.25) is 0 Å². The highest BCUT2D eigenvalue weighted by Crippen LogP contribution is 2.31. The van der Waals surface area contributed by atoms with Crippen LogP contribution >= 0.6 is 0 Å². The molecule has 0 fully saturated rings. The lowest BCUT2D eigenvalue weighted by Gasteiger charge is -2.37. The summed E-state index contributed by atoms with van der Waals surface area (Å²) in [7, 11) is 0.807. The highest BCUT2D eigenvalue weighted by molar-refractivity contribution is 6.12. The molecule has 0 aromatic carbocycles. The number of esters is 1. The van der Waals surface area contributed by atoms with Crippen LogP contribution in [0.3, 0.4) is 0 Å². The summed E-state index contributed by atoms with van der Waals surface area (Å²) in [5.41, 5.74) is 0.473. The van der Waals surface area contributed by atoms with E-state index < -0.39 is 5.97 Å². The smallest absolute Gasteiger partial charge is 0.333 e. The summed E-state index contributed by atoms with van der Waals surface area (Å²) < 4.78 is 22.2. The van der Waals surface area contributed by atoms with E-state index in [1.54, 1.807) is 6.92 Å². The van der Waals surface area contributed by atoms with Gasteiger partial charge in [-0.15, -0.1) is 0 Å². The highest BCUT2D eigenvalue weighted by atomic mass is 28.1. The van der Waals surface area contributed by atoms with Gasteiger partial charge < -0.3 is 18.9 Å². The second-order valence-electron chi connectivity index (χ2n) is 4.51. The maximum Gasteiger partial charge on any atom is 0.333 e. The van der Waals surface area contributed by atoms with Crippen LogP contribution in [0.15, 0.2) is 12.2 Å². The average Bonchev–Trinajstić information content (AvgIpc) is 2.38. The lowest BCUT2D eigenvalue weighted by Crippen LogP contribution is -2.44. The molecule has 5 nitrogen and oxygen atoms in total. The van der Waals surface area contributed by atoms with Crippen LogP contribution in [0, 0.1) is 0 Å². The summed E-state index contributed by atoms with van der Waals surface area (Å²) in [6.07, 6.45) is 0.644. The molecule has 6 heteroatoms. The van der Waals surface area contributed by atoms with E-state index in [9.17, 15) is 4.79 Å². The third-order valence-corrected chi connectivity index (χ3v) is 4.06. The lowest BCUT2D eigenvalue weighted by atomic mass is 10.2. The molecule has 0 saturated heterocycles.